The molecule has 2 aliphatic heterocycles. The molecule has 4 heterocycles. The van der Waals surface area contributed by atoms with Crippen molar-refractivity contribution in [1.29, 1.82) is 0 Å². The van der Waals surface area contributed by atoms with Crippen LogP contribution in [0, 0.1) is 13.8 Å². The normalized spacial score (nSPS) is 21.8. The Morgan fingerprint density at radius 1 is 1.16 bits per heavy atom. The average Bonchev–Trinajstić information content (AvgIpc) is 3.45. The number of carbonyl (C=O) groups is 1. The van der Waals surface area contributed by atoms with Crippen molar-refractivity contribution < 1.29 is 18.3 Å². The molecule has 1 amide bonds. The van der Waals surface area contributed by atoms with E-state index in [1.807, 2.05) is 35.9 Å². The summed E-state index contributed by atoms with van der Waals surface area (Å²) in [4.78, 5) is 26.7. The summed E-state index contributed by atoms with van der Waals surface area (Å²) >= 11 is 0. The predicted molar refractivity (Wildman–Crippen MR) is 141 cm³/mol. The van der Waals surface area contributed by atoms with Gasteiger partial charge in [-0.1, -0.05) is 6.07 Å². The molecule has 37 heavy (non-hydrogen) atoms. The van der Waals surface area contributed by atoms with Crippen molar-refractivity contribution in [2.24, 2.45) is 4.99 Å². The van der Waals surface area contributed by atoms with Crippen LogP contribution in [-0.2, 0) is 9.84 Å². The van der Waals surface area contributed by atoms with Gasteiger partial charge >= 0.3 is 0 Å². The summed E-state index contributed by atoms with van der Waals surface area (Å²) in [7, 11) is -1.75. The SMILES string of the molecule is CN=C1CN(c2nc3cc([C@@H]4CCCCN4C(=O)c4cc(S(C)(=O)=O)ccc4C)nn3cc2C)C[C@@H]1O. The van der Waals surface area contributed by atoms with Crippen molar-refractivity contribution in [3.8, 4) is 0 Å². The van der Waals surface area contributed by atoms with E-state index < -0.39 is 15.9 Å². The van der Waals surface area contributed by atoms with Crippen molar-refractivity contribution in [1.82, 2.24) is 19.5 Å². The topological polar surface area (TPSA) is 120 Å². The minimum atomic E-state index is -3.44. The predicted octanol–water partition coefficient (Wildman–Crippen LogP) is 2.37. The van der Waals surface area contributed by atoms with Crippen LogP contribution in [0.5, 0.6) is 0 Å². The van der Waals surface area contributed by atoms with Crippen molar-refractivity contribution in [3.63, 3.8) is 0 Å². The lowest BCUT2D eigenvalue weighted by Gasteiger charge is -2.35. The Kier molecular flexibility index (Phi) is 6.53. The van der Waals surface area contributed by atoms with E-state index >= 15 is 0 Å². The molecule has 2 fully saturated rings. The monoisotopic (exact) mass is 524 g/mol. The minimum absolute atomic E-state index is 0.137. The third kappa shape index (κ3) is 4.73. The molecule has 0 saturated carbocycles. The molecule has 1 aromatic carbocycles. The molecule has 2 aliphatic rings. The Morgan fingerprint density at radius 2 is 1.95 bits per heavy atom. The van der Waals surface area contributed by atoms with Gasteiger partial charge in [0, 0.05) is 43.2 Å². The fourth-order valence-electron chi connectivity index (χ4n) is 5.26. The molecule has 2 atom stereocenters. The van der Waals surface area contributed by atoms with E-state index in [1.165, 1.54) is 12.1 Å². The molecular formula is C26H32N6O4S. The van der Waals surface area contributed by atoms with Crippen LogP contribution in [0.3, 0.4) is 0 Å². The van der Waals surface area contributed by atoms with Crippen molar-refractivity contribution >= 4 is 32.9 Å². The van der Waals surface area contributed by atoms with Crippen molar-refractivity contribution in [2.45, 2.75) is 50.2 Å². The number of fused-ring (bicyclic) bond motifs is 1. The van der Waals surface area contributed by atoms with Crippen LogP contribution in [0.1, 0.15) is 52.5 Å². The number of β-amino-alcohol motifs (C(OH)–C–C–N with tert-alkyl or cyclic N) is 1. The maximum absolute atomic E-state index is 13.7. The molecule has 5 rings (SSSR count). The minimum Gasteiger partial charge on any atom is -0.385 e. The number of aliphatic imine (C=N–C) groups is 1. The molecule has 3 aromatic rings. The molecule has 0 radical (unpaired) electrons. The molecule has 196 valence electrons. The first-order valence-corrected chi connectivity index (χ1v) is 14.3. The number of anilines is 1. The number of amides is 1. The first kappa shape index (κ1) is 25.3. The zero-order valence-electron chi connectivity index (χ0n) is 21.5. The van der Waals surface area contributed by atoms with Gasteiger partial charge in [0.2, 0.25) is 0 Å². The highest BCUT2D eigenvalue weighted by molar-refractivity contribution is 7.90. The van der Waals surface area contributed by atoms with E-state index in [2.05, 4.69) is 4.99 Å². The summed E-state index contributed by atoms with van der Waals surface area (Å²) < 4.78 is 26.0. The fraction of sp³-hybridized carbons (Fsp3) is 0.462. The summed E-state index contributed by atoms with van der Waals surface area (Å²) in [5.74, 6) is 0.591. The number of nitrogens with zero attached hydrogens (tertiary/aromatic N) is 6. The molecule has 0 spiro atoms. The number of benzene rings is 1. The Balaban J connectivity index is 1.48. The summed E-state index contributed by atoms with van der Waals surface area (Å²) in [6, 6.07) is 6.39. The Bertz CT molecular complexity index is 1510. The standard InChI is InChI=1S/C26H32N6O4S/c1-16-8-9-18(37(4,35)36)11-19(16)26(34)31-10-6-5-7-22(31)20-12-24-28-25(17(2)13-32(24)29-20)30-14-21(27-3)23(33)15-30/h8-9,11-13,22-23,33H,5-7,10,14-15H2,1-4H3/t22-,23-/m0/s1. The number of likely N-dealkylation sites (tertiary alicyclic amines) is 1. The first-order valence-electron chi connectivity index (χ1n) is 12.4. The Hall–Kier alpha value is -3.31. The summed E-state index contributed by atoms with van der Waals surface area (Å²) in [5.41, 5.74) is 4.22. The number of hydrogen-bond acceptors (Lipinski definition) is 8. The lowest BCUT2D eigenvalue weighted by Crippen LogP contribution is -2.39. The van der Waals surface area contributed by atoms with Crippen LogP contribution >= 0.6 is 0 Å². The molecule has 0 aliphatic carbocycles. The highest BCUT2D eigenvalue weighted by atomic mass is 32.2. The van der Waals surface area contributed by atoms with Crippen LogP contribution in [-0.4, -0.2) is 83.7 Å². The fourth-order valence-corrected chi connectivity index (χ4v) is 5.91. The number of carbonyl (C=O) groups excluding carboxylic acids is 1. The molecule has 2 aromatic heterocycles. The van der Waals surface area contributed by atoms with E-state index in [4.69, 9.17) is 10.1 Å². The molecule has 0 unspecified atom stereocenters. The highest BCUT2D eigenvalue weighted by Gasteiger charge is 2.33. The zero-order chi connectivity index (χ0) is 26.5. The largest absolute Gasteiger partial charge is 0.385 e. The molecule has 2 saturated heterocycles. The number of sulfone groups is 1. The van der Waals surface area contributed by atoms with E-state index in [1.54, 1.807) is 17.6 Å². The number of piperidine rings is 1. The summed E-state index contributed by atoms with van der Waals surface area (Å²) in [6.45, 7) is 5.32. The third-order valence-electron chi connectivity index (χ3n) is 7.31. The molecular weight excluding hydrogens is 492 g/mol. The van der Waals surface area contributed by atoms with E-state index in [9.17, 15) is 18.3 Å². The second kappa shape index (κ2) is 9.53. The molecule has 1 N–H and O–H groups in total. The maximum Gasteiger partial charge on any atom is 0.254 e. The maximum atomic E-state index is 13.7. The first-order chi connectivity index (χ1) is 17.6. The average molecular weight is 525 g/mol. The van der Waals surface area contributed by atoms with E-state index in [-0.39, 0.29) is 16.8 Å². The van der Waals surface area contributed by atoms with Crippen LogP contribution in [0.2, 0.25) is 0 Å². The van der Waals surface area contributed by atoms with Crippen LogP contribution in [0.15, 0.2) is 40.4 Å². The number of rotatable bonds is 4. The van der Waals surface area contributed by atoms with Gasteiger partial charge in [-0.15, -0.1) is 0 Å². The highest BCUT2D eigenvalue weighted by Crippen LogP contribution is 2.33. The molecule has 10 nitrogen and oxygen atoms in total. The molecule has 0 bridgehead atoms. The van der Waals surface area contributed by atoms with Crippen LogP contribution in [0.25, 0.3) is 5.65 Å². The van der Waals surface area contributed by atoms with E-state index in [0.717, 1.165) is 53.9 Å². The quantitative estimate of drug-likeness (QED) is 0.556. The van der Waals surface area contributed by atoms with Gasteiger partial charge in [-0.25, -0.2) is 17.9 Å². The number of aromatic nitrogens is 3. The van der Waals surface area contributed by atoms with Crippen molar-refractivity contribution in [3.05, 3.63) is 52.8 Å². The third-order valence-corrected chi connectivity index (χ3v) is 8.42. The van der Waals surface area contributed by atoms with Gasteiger partial charge in [-0.05, 0) is 50.8 Å². The number of hydrogen-bond donors (Lipinski definition) is 1. The zero-order valence-corrected chi connectivity index (χ0v) is 22.4. The summed E-state index contributed by atoms with van der Waals surface area (Å²) in [6.07, 6.45) is 5.07. The second-order valence-electron chi connectivity index (χ2n) is 9.99. The van der Waals surface area contributed by atoms with Gasteiger partial charge < -0.3 is 14.9 Å². The van der Waals surface area contributed by atoms with Gasteiger partial charge in [0.25, 0.3) is 5.91 Å². The van der Waals surface area contributed by atoms with Gasteiger partial charge in [-0.2, -0.15) is 5.10 Å². The van der Waals surface area contributed by atoms with Gasteiger partial charge in [0.1, 0.15) is 11.9 Å². The number of aryl methyl sites for hydroxylation is 2. The lowest BCUT2D eigenvalue weighted by molar-refractivity contribution is 0.0604. The number of aliphatic hydroxyl groups excluding tert-OH is 1. The van der Waals surface area contributed by atoms with Crippen LogP contribution < -0.4 is 4.90 Å². The Labute approximate surface area is 216 Å². The second-order valence-corrected chi connectivity index (χ2v) is 12.0. The lowest BCUT2D eigenvalue weighted by atomic mass is 9.97. The smallest absolute Gasteiger partial charge is 0.254 e. The van der Waals surface area contributed by atoms with Crippen molar-refractivity contribution in [2.75, 3.05) is 37.8 Å². The summed E-state index contributed by atoms with van der Waals surface area (Å²) in [5, 5.41) is 15.1. The van der Waals surface area contributed by atoms with Crippen LogP contribution in [0.4, 0.5) is 5.82 Å². The van der Waals surface area contributed by atoms with Gasteiger partial charge in [-0.3, -0.25) is 9.79 Å². The van der Waals surface area contributed by atoms with Gasteiger partial charge in [0.15, 0.2) is 15.5 Å². The molecule has 11 heteroatoms. The number of aliphatic hydroxyl groups is 1. The van der Waals surface area contributed by atoms with E-state index in [0.29, 0.717) is 30.8 Å². The Morgan fingerprint density at radius 3 is 2.65 bits per heavy atom. The van der Waals surface area contributed by atoms with Gasteiger partial charge in [0.05, 0.1) is 35.4 Å².